The van der Waals surface area contributed by atoms with Crippen molar-refractivity contribution in [1.29, 1.82) is 0 Å². The molecule has 1 atom stereocenters. The molecule has 0 bridgehead atoms. The largest absolute Gasteiger partial charge is 0.329 e. The van der Waals surface area contributed by atoms with E-state index in [2.05, 4.69) is 52.1 Å². The fourth-order valence-corrected chi connectivity index (χ4v) is 2.99. The Labute approximate surface area is 135 Å². The second kappa shape index (κ2) is 8.17. The molecule has 0 aliphatic heterocycles. The molecule has 0 heterocycles. The van der Waals surface area contributed by atoms with Crippen LogP contribution in [0.15, 0.2) is 24.3 Å². The molecule has 0 saturated carbocycles. The maximum atomic E-state index is 6.03. The predicted molar refractivity (Wildman–Crippen MR) is 93.8 cm³/mol. The first-order valence-corrected chi connectivity index (χ1v) is 8.35. The summed E-state index contributed by atoms with van der Waals surface area (Å²) in [7, 11) is 0. The van der Waals surface area contributed by atoms with Crippen molar-refractivity contribution in [2.45, 2.75) is 46.6 Å². The molecule has 2 nitrogen and oxygen atoms in total. The first-order chi connectivity index (χ1) is 9.77. The van der Waals surface area contributed by atoms with Crippen LogP contribution in [-0.4, -0.2) is 18.6 Å². The zero-order valence-electron chi connectivity index (χ0n) is 14.1. The van der Waals surface area contributed by atoms with Gasteiger partial charge in [0.05, 0.1) is 0 Å². The van der Waals surface area contributed by atoms with E-state index in [0.29, 0.717) is 24.3 Å². The number of halogens is 1. The van der Waals surface area contributed by atoms with Crippen LogP contribution in [0.4, 0.5) is 0 Å². The molecule has 1 aromatic carbocycles. The predicted octanol–water partition coefficient (Wildman–Crippen LogP) is 4.12. The maximum Gasteiger partial charge on any atom is 0.0406 e. The molecule has 3 heteroatoms. The van der Waals surface area contributed by atoms with Crippen molar-refractivity contribution in [3.05, 3.63) is 34.9 Å². The number of nitrogens with one attached hydrogen (secondary N) is 1. The fourth-order valence-electron chi connectivity index (χ4n) is 2.87. The summed E-state index contributed by atoms with van der Waals surface area (Å²) in [5.41, 5.74) is 7.23. The standard InChI is InChI=1S/C18H31ClN2/c1-13(2)17(14(3)4)11-21-18(5,12-20)10-15-6-8-16(19)9-7-15/h6-9,13-14,17,21H,10-12,20H2,1-5H3. The van der Waals surface area contributed by atoms with Gasteiger partial charge in [0.15, 0.2) is 0 Å². The first-order valence-electron chi connectivity index (χ1n) is 7.97. The van der Waals surface area contributed by atoms with Crippen LogP contribution in [-0.2, 0) is 6.42 Å². The lowest BCUT2D eigenvalue weighted by molar-refractivity contribution is 0.238. The highest BCUT2D eigenvalue weighted by Crippen LogP contribution is 2.21. The normalized spacial score (nSPS) is 15.0. The monoisotopic (exact) mass is 310 g/mol. The zero-order valence-corrected chi connectivity index (χ0v) is 14.9. The SMILES string of the molecule is CC(C)C(CNC(C)(CN)Cc1ccc(Cl)cc1)C(C)C. The van der Waals surface area contributed by atoms with Gasteiger partial charge in [-0.2, -0.15) is 0 Å². The Bertz CT molecular complexity index is 406. The third-order valence-corrected chi connectivity index (χ3v) is 4.69. The lowest BCUT2D eigenvalue weighted by Gasteiger charge is -2.34. The molecular formula is C18H31ClN2. The van der Waals surface area contributed by atoms with Crippen molar-refractivity contribution < 1.29 is 0 Å². The molecule has 0 amide bonds. The van der Waals surface area contributed by atoms with Crippen LogP contribution in [0.3, 0.4) is 0 Å². The van der Waals surface area contributed by atoms with E-state index in [4.69, 9.17) is 17.3 Å². The molecule has 0 radical (unpaired) electrons. The fraction of sp³-hybridized carbons (Fsp3) is 0.667. The minimum atomic E-state index is -0.0736. The van der Waals surface area contributed by atoms with Crippen molar-refractivity contribution >= 4 is 11.6 Å². The van der Waals surface area contributed by atoms with Crippen LogP contribution in [0.5, 0.6) is 0 Å². The number of hydrogen-bond acceptors (Lipinski definition) is 2. The summed E-state index contributed by atoms with van der Waals surface area (Å²) in [6.07, 6.45) is 0.920. The summed E-state index contributed by atoms with van der Waals surface area (Å²) in [4.78, 5) is 0. The van der Waals surface area contributed by atoms with E-state index >= 15 is 0 Å². The van der Waals surface area contributed by atoms with Crippen LogP contribution in [0.25, 0.3) is 0 Å². The summed E-state index contributed by atoms with van der Waals surface area (Å²) < 4.78 is 0. The van der Waals surface area contributed by atoms with E-state index in [1.165, 1.54) is 5.56 Å². The maximum absolute atomic E-state index is 6.03. The summed E-state index contributed by atoms with van der Waals surface area (Å²) in [5, 5.41) is 4.49. The second-order valence-electron chi connectivity index (χ2n) is 7.10. The molecule has 0 aliphatic rings. The molecule has 1 rings (SSSR count). The molecule has 0 aromatic heterocycles. The third kappa shape index (κ3) is 5.98. The Balaban J connectivity index is 2.68. The van der Waals surface area contributed by atoms with Gasteiger partial charge in [-0.1, -0.05) is 51.4 Å². The summed E-state index contributed by atoms with van der Waals surface area (Å²) >= 11 is 5.95. The molecule has 0 spiro atoms. The van der Waals surface area contributed by atoms with E-state index < -0.39 is 0 Å². The van der Waals surface area contributed by atoms with E-state index in [1.54, 1.807) is 0 Å². The van der Waals surface area contributed by atoms with Crippen LogP contribution in [0.1, 0.15) is 40.2 Å². The van der Waals surface area contributed by atoms with Gasteiger partial charge >= 0.3 is 0 Å². The lowest BCUT2D eigenvalue weighted by Crippen LogP contribution is -2.52. The highest BCUT2D eigenvalue weighted by atomic mass is 35.5. The lowest BCUT2D eigenvalue weighted by atomic mass is 9.84. The van der Waals surface area contributed by atoms with Crippen LogP contribution < -0.4 is 11.1 Å². The number of rotatable bonds is 8. The topological polar surface area (TPSA) is 38.0 Å². The Morgan fingerprint density at radius 1 is 1.10 bits per heavy atom. The number of benzene rings is 1. The first kappa shape index (κ1) is 18.5. The smallest absolute Gasteiger partial charge is 0.0406 e. The second-order valence-corrected chi connectivity index (χ2v) is 7.54. The van der Waals surface area contributed by atoms with Gasteiger partial charge < -0.3 is 11.1 Å². The van der Waals surface area contributed by atoms with Gasteiger partial charge in [-0.05, 0) is 55.3 Å². The van der Waals surface area contributed by atoms with Gasteiger partial charge in [-0.25, -0.2) is 0 Å². The van der Waals surface area contributed by atoms with Crippen LogP contribution in [0, 0.1) is 17.8 Å². The molecule has 0 fully saturated rings. The van der Waals surface area contributed by atoms with Crippen molar-refractivity contribution in [3.8, 4) is 0 Å². The van der Waals surface area contributed by atoms with E-state index in [1.807, 2.05) is 12.1 Å². The Kier molecular flexibility index (Phi) is 7.19. The third-order valence-electron chi connectivity index (χ3n) is 4.44. The van der Waals surface area contributed by atoms with Gasteiger partial charge in [0.2, 0.25) is 0 Å². The summed E-state index contributed by atoms with van der Waals surface area (Å²) in [5.74, 6) is 2.02. The van der Waals surface area contributed by atoms with Crippen molar-refractivity contribution in [2.24, 2.45) is 23.5 Å². The summed E-state index contributed by atoms with van der Waals surface area (Å²) in [6.45, 7) is 13.0. The highest BCUT2D eigenvalue weighted by molar-refractivity contribution is 6.30. The Morgan fingerprint density at radius 2 is 1.62 bits per heavy atom. The number of hydrogen-bond donors (Lipinski definition) is 2. The van der Waals surface area contributed by atoms with E-state index in [-0.39, 0.29) is 5.54 Å². The molecule has 1 unspecified atom stereocenters. The Morgan fingerprint density at radius 3 is 2.05 bits per heavy atom. The van der Waals surface area contributed by atoms with Gasteiger partial charge in [0, 0.05) is 17.1 Å². The Hall–Kier alpha value is -0.570. The van der Waals surface area contributed by atoms with Gasteiger partial charge in [-0.3, -0.25) is 0 Å². The van der Waals surface area contributed by atoms with Crippen molar-refractivity contribution in [2.75, 3.05) is 13.1 Å². The van der Waals surface area contributed by atoms with E-state index in [0.717, 1.165) is 18.0 Å². The quantitative estimate of drug-likeness (QED) is 0.758. The molecular weight excluding hydrogens is 280 g/mol. The van der Waals surface area contributed by atoms with Crippen LogP contribution in [0.2, 0.25) is 5.02 Å². The average Bonchev–Trinajstić information content (AvgIpc) is 2.41. The van der Waals surface area contributed by atoms with Crippen LogP contribution >= 0.6 is 11.6 Å². The number of nitrogens with two attached hydrogens (primary N) is 1. The molecule has 0 saturated heterocycles. The molecule has 120 valence electrons. The molecule has 21 heavy (non-hydrogen) atoms. The molecule has 0 aliphatic carbocycles. The zero-order chi connectivity index (χ0) is 16.0. The molecule has 3 N–H and O–H groups in total. The van der Waals surface area contributed by atoms with E-state index in [9.17, 15) is 0 Å². The van der Waals surface area contributed by atoms with Gasteiger partial charge in [-0.15, -0.1) is 0 Å². The van der Waals surface area contributed by atoms with Crippen molar-refractivity contribution in [3.63, 3.8) is 0 Å². The minimum absolute atomic E-state index is 0.0736. The van der Waals surface area contributed by atoms with Crippen molar-refractivity contribution in [1.82, 2.24) is 5.32 Å². The minimum Gasteiger partial charge on any atom is -0.329 e. The summed E-state index contributed by atoms with van der Waals surface area (Å²) in [6, 6.07) is 8.05. The molecule has 1 aromatic rings. The average molecular weight is 311 g/mol. The van der Waals surface area contributed by atoms with Gasteiger partial charge in [0.25, 0.3) is 0 Å². The highest BCUT2D eigenvalue weighted by Gasteiger charge is 2.25. The van der Waals surface area contributed by atoms with Gasteiger partial charge in [0.1, 0.15) is 0 Å².